The number of carbonyl (C=O) groups is 3. The molecule has 0 radical (unpaired) electrons. The van der Waals surface area contributed by atoms with Gasteiger partial charge in [-0.3, -0.25) is 9.59 Å². The molecule has 0 bridgehead atoms. The van der Waals surface area contributed by atoms with Gasteiger partial charge in [0.2, 0.25) is 11.8 Å². The van der Waals surface area contributed by atoms with Crippen LogP contribution in [0.3, 0.4) is 0 Å². The second kappa shape index (κ2) is 6.35. The number of rotatable bonds is 4. The van der Waals surface area contributed by atoms with E-state index in [1.54, 1.807) is 25.2 Å². The maximum Gasteiger partial charge on any atom is 0.405 e. The van der Waals surface area contributed by atoms with E-state index >= 15 is 0 Å². The molecule has 0 spiro atoms. The minimum Gasteiger partial charge on any atom is -0.465 e. The van der Waals surface area contributed by atoms with E-state index in [0.29, 0.717) is 12.8 Å². The van der Waals surface area contributed by atoms with Gasteiger partial charge < -0.3 is 21.1 Å². The Kier molecular flexibility index (Phi) is 4.70. The first kappa shape index (κ1) is 16.3. The zero-order valence-electron chi connectivity index (χ0n) is 12.4. The second-order valence-corrected chi connectivity index (χ2v) is 6.90. The molecule has 1 atom stereocenters. The van der Waals surface area contributed by atoms with Crippen molar-refractivity contribution in [1.82, 2.24) is 10.6 Å². The van der Waals surface area contributed by atoms with Crippen LogP contribution >= 0.6 is 11.3 Å². The number of amides is 3. The molecule has 0 fully saturated rings. The highest BCUT2D eigenvalue weighted by Crippen LogP contribution is 2.27. The second-order valence-electron chi connectivity index (χ2n) is 5.90. The topological polar surface area (TPSA) is 108 Å². The van der Waals surface area contributed by atoms with Gasteiger partial charge in [-0.15, -0.1) is 11.3 Å². The molecule has 2 heterocycles. The lowest BCUT2D eigenvalue weighted by atomic mass is 10.00. The van der Waals surface area contributed by atoms with E-state index < -0.39 is 17.7 Å². The molecule has 0 aromatic carbocycles. The van der Waals surface area contributed by atoms with Crippen LogP contribution in [-0.2, 0) is 16.0 Å². The minimum absolute atomic E-state index is 0.0368. The first-order chi connectivity index (χ1) is 10.3. The van der Waals surface area contributed by atoms with E-state index in [9.17, 15) is 14.4 Å². The van der Waals surface area contributed by atoms with Crippen LogP contribution < -0.4 is 16.0 Å². The van der Waals surface area contributed by atoms with E-state index in [1.165, 1.54) is 0 Å². The summed E-state index contributed by atoms with van der Waals surface area (Å²) in [5.41, 5.74) is -0.0879. The van der Waals surface area contributed by atoms with Crippen molar-refractivity contribution in [3.05, 3.63) is 16.3 Å². The fourth-order valence-corrected chi connectivity index (χ4v) is 3.24. The lowest BCUT2D eigenvalue weighted by molar-refractivity contribution is -0.127. The number of carbonyl (C=O) groups excluding carboxylic acids is 2. The van der Waals surface area contributed by atoms with Gasteiger partial charge in [0.05, 0.1) is 5.69 Å². The summed E-state index contributed by atoms with van der Waals surface area (Å²) in [6.07, 6.45) is 0.0189. The average Bonchev–Trinajstić information content (AvgIpc) is 2.73. The lowest BCUT2D eigenvalue weighted by Crippen LogP contribution is -2.49. The van der Waals surface area contributed by atoms with Crippen LogP contribution in [0.15, 0.2) is 11.4 Å². The quantitative estimate of drug-likeness (QED) is 0.673. The highest BCUT2D eigenvalue weighted by atomic mass is 32.1. The Morgan fingerprint density at radius 1 is 1.50 bits per heavy atom. The number of aryl methyl sites for hydroxylation is 1. The predicted molar refractivity (Wildman–Crippen MR) is 83.1 cm³/mol. The third kappa shape index (κ3) is 4.20. The van der Waals surface area contributed by atoms with Crippen molar-refractivity contribution in [2.24, 2.45) is 0 Å². The van der Waals surface area contributed by atoms with E-state index in [1.807, 2.05) is 11.4 Å². The smallest absolute Gasteiger partial charge is 0.405 e. The number of hydrogen-bond acceptors (Lipinski definition) is 4. The lowest BCUT2D eigenvalue weighted by Gasteiger charge is -2.25. The Hall–Kier alpha value is -2.09. The van der Waals surface area contributed by atoms with Gasteiger partial charge in [0.1, 0.15) is 6.04 Å². The molecule has 0 aliphatic carbocycles. The molecule has 2 rings (SSSR count). The van der Waals surface area contributed by atoms with Crippen LogP contribution in [0.1, 0.15) is 31.6 Å². The Morgan fingerprint density at radius 2 is 2.23 bits per heavy atom. The first-order valence-corrected chi connectivity index (χ1v) is 7.82. The summed E-state index contributed by atoms with van der Waals surface area (Å²) in [7, 11) is 0. The summed E-state index contributed by atoms with van der Waals surface area (Å²) in [6.45, 7) is 3.23. The standard InChI is InChI=1S/C14H19N3O4S/c1-14(2,17-13(20)21)7-11(18)15-9-3-4-10-8(5-6-22-10)16-12(9)19/h5-6,9,17H,3-4,7H2,1-2H3,(H,15,18)(H,16,19)(H,20,21). The molecule has 1 aromatic heterocycles. The monoisotopic (exact) mass is 325 g/mol. The van der Waals surface area contributed by atoms with Crippen molar-refractivity contribution in [2.45, 2.75) is 44.7 Å². The third-order valence-corrected chi connectivity index (χ3v) is 4.34. The number of nitrogens with one attached hydrogen (secondary N) is 3. The number of carboxylic acid groups (broad SMARTS) is 1. The van der Waals surface area contributed by atoms with Crippen molar-refractivity contribution < 1.29 is 19.5 Å². The summed E-state index contributed by atoms with van der Waals surface area (Å²) in [5, 5.41) is 18.4. The largest absolute Gasteiger partial charge is 0.465 e. The van der Waals surface area contributed by atoms with Crippen molar-refractivity contribution in [3.63, 3.8) is 0 Å². The maximum atomic E-state index is 12.1. The summed E-state index contributed by atoms with van der Waals surface area (Å²) < 4.78 is 0. The van der Waals surface area contributed by atoms with Crippen LogP contribution in [-0.4, -0.2) is 34.6 Å². The van der Waals surface area contributed by atoms with Gasteiger partial charge in [-0.25, -0.2) is 4.79 Å². The molecule has 1 aliphatic rings. The van der Waals surface area contributed by atoms with Crippen LogP contribution in [0.25, 0.3) is 0 Å². The molecule has 1 unspecified atom stereocenters. The zero-order chi connectivity index (χ0) is 16.3. The van der Waals surface area contributed by atoms with Gasteiger partial charge in [-0.05, 0) is 38.1 Å². The van der Waals surface area contributed by atoms with Crippen LogP contribution in [0.4, 0.5) is 10.5 Å². The van der Waals surface area contributed by atoms with Crippen LogP contribution in [0.2, 0.25) is 0 Å². The summed E-state index contributed by atoms with van der Waals surface area (Å²) >= 11 is 1.58. The highest BCUT2D eigenvalue weighted by molar-refractivity contribution is 7.10. The van der Waals surface area contributed by atoms with Crippen molar-refractivity contribution >= 4 is 34.9 Å². The van der Waals surface area contributed by atoms with Gasteiger partial charge >= 0.3 is 6.09 Å². The Bertz CT molecular complexity index is 597. The molecule has 3 amide bonds. The van der Waals surface area contributed by atoms with Crippen LogP contribution in [0.5, 0.6) is 0 Å². The van der Waals surface area contributed by atoms with E-state index in [-0.39, 0.29) is 18.2 Å². The molecule has 1 aromatic rings. The molecule has 120 valence electrons. The van der Waals surface area contributed by atoms with Crippen molar-refractivity contribution in [1.29, 1.82) is 0 Å². The van der Waals surface area contributed by atoms with Gasteiger partial charge in [0.15, 0.2) is 0 Å². The Morgan fingerprint density at radius 3 is 2.91 bits per heavy atom. The van der Waals surface area contributed by atoms with Crippen LogP contribution in [0, 0.1) is 0 Å². The normalized spacial score (nSPS) is 17.9. The fraction of sp³-hybridized carbons (Fsp3) is 0.500. The molecular formula is C14H19N3O4S. The Labute approximate surface area is 132 Å². The number of fused-ring (bicyclic) bond motifs is 1. The van der Waals surface area contributed by atoms with Gasteiger partial charge in [0.25, 0.3) is 0 Å². The minimum atomic E-state index is -1.19. The van der Waals surface area contributed by atoms with Crippen molar-refractivity contribution in [3.8, 4) is 0 Å². The molecule has 4 N–H and O–H groups in total. The summed E-state index contributed by atoms with van der Waals surface area (Å²) in [4.78, 5) is 35.9. The molecular weight excluding hydrogens is 306 g/mol. The summed E-state index contributed by atoms with van der Waals surface area (Å²) in [5.74, 6) is -0.598. The van der Waals surface area contributed by atoms with E-state index in [4.69, 9.17) is 5.11 Å². The van der Waals surface area contributed by atoms with E-state index in [0.717, 1.165) is 10.6 Å². The van der Waals surface area contributed by atoms with Gasteiger partial charge in [-0.1, -0.05) is 0 Å². The zero-order valence-corrected chi connectivity index (χ0v) is 13.3. The first-order valence-electron chi connectivity index (χ1n) is 6.94. The molecule has 0 saturated carbocycles. The Balaban J connectivity index is 1.93. The van der Waals surface area contributed by atoms with E-state index in [2.05, 4.69) is 16.0 Å². The van der Waals surface area contributed by atoms with Gasteiger partial charge in [0, 0.05) is 16.8 Å². The van der Waals surface area contributed by atoms with Crippen molar-refractivity contribution in [2.75, 3.05) is 5.32 Å². The SMILES string of the molecule is CC(C)(CC(=O)NC1CCc2sccc2NC1=O)NC(=O)O. The maximum absolute atomic E-state index is 12.1. The molecule has 7 nitrogen and oxygen atoms in total. The highest BCUT2D eigenvalue weighted by Gasteiger charge is 2.29. The molecule has 0 saturated heterocycles. The number of thiophene rings is 1. The fourth-order valence-electron chi connectivity index (χ4n) is 2.39. The average molecular weight is 325 g/mol. The molecule has 22 heavy (non-hydrogen) atoms. The summed E-state index contributed by atoms with van der Waals surface area (Å²) in [6, 6.07) is 1.25. The molecule has 1 aliphatic heterocycles. The molecule has 8 heteroatoms. The number of hydrogen-bond donors (Lipinski definition) is 4. The number of anilines is 1. The third-order valence-electron chi connectivity index (χ3n) is 3.36. The van der Waals surface area contributed by atoms with Gasteiger partial charge in [-0.2, -0.15) is 0 Å². The predicted octanol–water partition coefficient (Wildman–Crippen LogP) is 1.55.